The molecule has 5 nitrogen and oxygen atoms in total. The van der Waals surface area contributed by atoms with Crippen molar-refractivity contribution in [2.75, 3.05) is 6.61 Å². The Balaban J connectivity index is 1.33. The van der Waals surface area contributed by atoms with E-state index in [4.69, 9.17) is 8.60 Å². The van der Waals surface area contributed by atoms with Gasteiger partial charge in [0.1, 0.15) is 5.52 Å². The van der Waals surface area contributed by atoms with E-state index in [0.717, 1.165) is 34.2 Å². The van der Waals surface area contributed by atoms with Crippen LogP contribution in [0.4, 0.5) is 0 Å². The molecule has 0 N–H and O–H groups in total. The van der Waals surface area contributed by atoms with Gasteiger partial charge in [0.25, 0.3) is 10.1 Å². The molecule has 1 heterocycles. The molecule has 0 amide bonds. The van der Waals surface area contributed by atoms with Gasteiger partial charge < -0.3 is 4.42 Å². The first kappa shape index (κ1) is 19.4. The molecular formula is C23H21NO4S. The highest BCUT2D eigenvalue weighted by atomic mass is 32.2. The molecule has 0 radical (unpaired) electrons. The van der Waals surface area contributed by atoms with Gasteiger partial charge in [-0.15, -0.1) is 0 Å². The van der Waals surface area contributed by atoms with Crippen molar-refractivity contribution < 1.29 is 17.0 Å². The first-order chi connectivity index (χ1) is 14.0. The number of para-hydroxylation sites is 2. The number of fused-ring (bicyclic) bond motifs is 1. The van der Waals surface area contributed by atoms with E-state index in [1.54, 1.807) is 24.3 Å². The molecule has 0 saturated carbocycles. The van der Waals surface area contributed by atoms with Gasteiger partial charge >= 0.3 is 0 Å². The summed E-state index contributed by atoms with van der Waals surface area (Å²) in [7, 11) is -3.71. The summed E-state index contributed by atoms with van der Waals surface area (Å²) >= 11 is 0. The largest absolute Gasteiger partial charge is 0.436 e. The summed E-state index contributed by atoms with van der Waals surface area (Å²) in [4.78, 5) is 4.68. The molecule has 0 unspecified atom stereocenters. The average molecular weight is 407 g/mol. The Hall–Kier alpha value is -2.96. The maximum Gasteiger partial charge on any atom is 0.296 e. The fourth-order valence-electron chi connectivity index (χ4n) is 3.03. The summed E-state index contributed by atoms with van der Waals surface area (Å²) in [6.07, 6.45) is 1.32. The van der Waals surface area contributed by atoms with Crippen molar-refractivity contribution in [1.29, 1.82) is 0 Å². The van der Waals surface area contributed by atoms with E-state index in [1.165, 1.54) is 0 Å². The summed E-state index contributed by atoms with van der Waals surface area (Å²) < 4.78 is 35.3. The Labute approximate surface area is 170 Å². The van der Waals surface area contributed by atoms with Gasteiger partial charge in [-0.05, 0) is 61.7 Å². The van der Waals surface area contributed by atoms with Crippen molar-refractivity contribution in [3.8, 4) is 11.5 Å². The molecule has 148 valence electrons. The second-order valence-corrected chi connectivity index (χ2v) is 8.49. The third kappa shape index (κ3) is 4.55. The topological polar surface area (TPSA) is 69.4 Å². The molecular weight excluding hydrogens is 386 g/mol. The van der Waals surface area contributed by atoms with E-state index in [-0.39, 0.29) is 11.5 Å². The van der Waals surface area contributed by atoms with E-state index >= 15 is 0 Å². The van der Waals surface area contributed by atoms with Gasteiger partial charge in [0.2, 0.25) is 5.89 Å². The predicted octanol–water partition coefficient (Wildman–Crippen LogP) is 5.14. The monoisotopic (exact) mass is 407 g/mol. The molecule has 4 rings (SSSR count). The van der Waals surface area contributed by atoms with Gasteiger partial charge in [0.15, 0.2) is 5.58 Å². The molecule has 0 spiro atoms. The Bertz CT molecular complexity index is 1180. The minimum absolute atomic E-state index is 0.142. The predicted molar refractivity (Wildman–Crippen MR) is 112 cm³/mol. The van der Waals surface area contributed by atoms with E-state index in [1.807, 2.05) is 55.5 Å². The first-order valence-electron chi connectivity index (χ1n) is 9.42. The van der Waals surface area contributed by atoms with Crippen LogP contribution in [0.2, 0.25) is 0 Å². The van der Waals surface area contributed by atoms with E-state index in [0.29, 0.717) is 12.3 Å². The second kappa shape index (κ2) is 8.19. The first-order valence-corrected chi connectivity index (χ1v) is 10.8. The molecule has 1 aromatic heterocycles. The highest BCUT2D eigenvalue weighted by Crippen LogP contribution is 2.24. The van der Waals surface area contributed by atoms with Crippen molar-refractivity contribution in [3.05, 3.63) is 83.9 Å². The van der Waals surface area contributed by atoms with Gasteiger partial charge in [0, 0.05) is 5.56 Å². The molecule has 4 aromatic rings. The van der Waals surface area contributed by atoms with Crippen LogP contribution in [0.1, 0.15) is 17.5 Å². The minimum atomic E-state index is -3.71. The van der Waals surface area contributed by atoms with Crippen LogP contribution in [-0.2, 0) is 20.7 Å². The summed E-state index contributed by atoms with van der Waals surface area (Å²) in [5, 5.41) is 0. The van der Waals surface area contributed by atoms with E-state index in [9.17, 15) is 8.42 Å². The zero-order valence-electron chi connectivity index (χ0n) is 16.0. The number of aryl methyl sites for hydroxylation is 2. The van der Waals surface area contributed by atoms with Gasteiger partial charge in [-0.1, -0.05) is 42.0 Å². The SMILES string of the molecule is Cc1ccc(S(=O)(=O)OCCCc2ccc(-c3nc4ccccc4o3)cc2)cc1. The van der Waals surface area contributed by atoms with E-state index in [2.05, 4.69) is 4.98 Å². The normalized spacial score (nSPS) is 11.8. The van der Waals surface area contributed by atoms with Crippen molar-refractivity contribution in [1.82, 2.24) is 4.98 Å². The summed E-state index contributed by atoms with van der Waals surface area (Å²) in [5.41, 5.74) is 4.60. The Morgan fingerprint density at radius 3 is 2.38 bits per heavy atom. The molecule has 0 fully saturated rings. The van der Waals surface area contributed by atoms with Crippen molar-refractivity contribution in [2.45, 2.75) is 24.7 Å². The summed E-state index contributed by atoms with van der Waals surface area (Å²) in [5.74, 6) is 0.588. The van der Waals surface area contributed by atoms with Gasteiger partial charge in [-0.3, -0.25) is 4.18 Å². The van der Waals surface area contributed by atoms with Crippen LogP contribution in [0.25, 0.3) is 22.6 Å². The molecule has 0 aliphatic carbocycles. The Morgan fingerprint density at radius 2 is 1.66 bits per heavy atom. The number of aromatic nitrogens is 1. The third-order valence-electron chi connectivity index (χ3n) is 4.65. The molecule has 0 bridgehead atoms. The molecule has 6 heteroatoms. The number of hydrogen-bond donors (Lipinski definition) is 0. The van der Waals surface area contributed by atoms with Crippen LogP contribution in [0.5, 0.6) is 0 Å². The van der Waals surface area contributed by atoms with Crippen LogP contribution >= 0.6 is 0 Å². The lowest BCUT2D eigenvalue weighted by atomic mass is 10.1. The lowest BCUT2D eigenvalue weighted by Crippen LogP contribution is -2.08. The molecule has 0 saturated heterocycles. The minimum Gasteiger partial charge on any atom is -0.436 e. The van der Waals surface area contributed by atoms with Crippen LogP contribution in [0, 0.1) is 6.92 Å². The maximum absolute atomic E-state index is 12.2. The van der Waals surface area contributed by atoms with Crippen LogP contribution < -0.4 is 0 Å². The van der Waals surface area contributed by atoms with Crippen LogP contribution in [0.3, 0.4) is 0 Å². The zero-order valence-corrected chi connectivity index (χ0v) is 16.9. The number of rotatable bonds is 7. The van der Waals surface area contributed by atoms with Crippen molar-refractivity contribution in [3.63, 3.8) is 0 Å². The molecule has 29 heavy (non-hydrogen) atoms. The fraction of sp³-hybridized carbons (Fsp3) is 0.174. The smallest absolute Gasteiger partial charge is 0.296 e. The fourth-order valence-corrected chi connectivity index (χ4v) is 3.97. The van der Waals surface area contributed by atoms with Gasteiger partial charge in [0.05, 0.1) is 11.5 Å². The Kier molecular flexibility index (Phi) is 5.47. The second-order valence-electron chi connectivity index (χ2n) is 6.88. The lowest BCUT2D eigenvalue weighted by molar-refractivity contribution is 0.312. The van der Waals surface area contributed by atoms with Gasteiger partial charge in [-0.25, -0.2) is 4.98 Å². The van der Waals surface area contributed by atoms with Crippen molar-refractivity contribution in [2.24, 2.45) is 0 Å². The van der Waals surface area contributed by atoms with Gasteiger partial charge in [-0.2, -0.15) is 8.42 Å². The molecule has 0 aliphatic heterocycles. The van der Waals surface area contributed by atoms with Crippen molar-refractivity contribution >= 4 is 21.2 Å². The third-order valence-corrected chi connectivity index (χ3v) is 5.98. The highest BCUT2D eigenvalue weighted by Gasteiger charge is 2.14. The highest BCUT2D eigenvalue weighted by molar-refractivity contribution is 7.86. The van der Waals surface area contributed by atoms with Crippen LogP contribution in [0.15, 0.2) is 82.1 Å². The number of benzene rings is 3. The Morgan fingerprint density at radius 1 is 0.931 bits per heavy atom. The number of oxazole rings is 1. The summed E-state index contributed by atoms with van der Waals surface area (Å²) in [6, 6.07) is 22.2. The lowest BCUT2D eigenvalue weighted by Gasteiger charge is -2.06. The van der Waals surface area contributed by atoms with E-state index < -0.39 is 10.1 Å². The van der Waals surface area contributed by atoms with Crippen LogP contribution in [-0.4, -0.2) is 20.0 Å². The molecule has 0 aliphatic rings. The summed E-state index contributed by atoms with van der Waals surface area (Å²) in [6.45, 7) is 2.05. The average Bonchev–Trinajstić information content (AvgIpc) is 3.16. The zero-order chi connectivity index (χ0) is 20.3. The molecule has 0 atom stereocenters. The number of nitrogens with zero attached hydrogens (tertiary/aromatic N) is 1. The standard InChI is InChI=1S/C23H21NO4S/c1-17-8-14-20(15-9-17)29(25,26)27-16-4-5-18-10-12-19(13-11-18)23-24-21-6-2-3-7-22(21)28-23/h2-3,6-15H,4-5,16H2,1H3. The molecule has 3 aromatic carbocycles. The maximum atomic E-state index is 12.2. The number of hydrogen-bond acceptors (Lipinski definition) is 5. The quantitative estimate of drug-likeness (QED) is 0.313.